The molecule has 0 radical (unpaired) electrons. The molecule has 1 aliphatic carbocycles. The first kappa shape index (κ1) is 76.2. The summed E-state index contributed by atoms with van der Waals surface area (Å²) < 4.78 is 35.7. The zero-order valence-corrected chi connectivity index (χ0v) is 59.4. The van der Waals surface area contributed by atoms with Crippen LogP contribution in [0.2, 0.25) is 0 Å². The molecule has 6 aliphatic rings. The first-order chi connectivity index (χ1) is 48.4. The standard InChI is InChI=1S/C71H92N10O18S2/c1-8-100-101-71(26-12-13-27-71)41-99-70(93)81-51-37-57(55(95-7)35-48(51)65(88)79-39-44(5)33-53(79)67(81)90)97-31-16-10-15-30-96-56-36-50-47(34-54(56)94-6)64(87)78-38-43(4)32-52(78)66(89)80(50)69(92)98-40-45-20-22-46(23-21-45)74-62(85)49(18-17-28-73-68(72)91)75-63(86)61(42(2)3)76-58(82)19-11-9-14-29-77-59(83)24-25-60(77)84/h20-25,34-37,42,49,52-53,61,66-67,89-90H,4-5,8-19,26-33,38-41H2,1-3,6-7H3,(H,74,85)(H,75,86)(H,76,82)(H3,72,73,91)/t49-,52-,53-,61-,66?,67?/m0/s1. The summed E-state index contributed by atoms with van der Waals surface area (Å²) in [5.74, 6) is -1.91. The van der Waals surface area contributed by atoms with E-state index in [1.54, 1.807) is 59.7 Å². The molecule has 0 spiro atoms. The normalized spacial score (nSPS) is 19.6. The predicted molar refractivity (Wildman–Crippen MR) is 378 cm³/mol. The highest BCUT2D eigenvalue weighted by Gasteiger charge is 2.49. The third-order valence-corrected chi connectivity index (χ3v) is 21.9. The third kappa shape index (κ3) is 18.8. The molecular formula is C71H92N10O18S2. The number of nitrogens with one attached hydrogen (secondary N) is 4. The van der Waals surface area contributed by atoms with Gasteiger partial charge in [0.25, 0.3) is 23.6 Å². The van der Waals surface area contributed by atoms with Gasteiger partial charge < -0.3 is 75.4 Å². The fourth-order valence-electron chi connectivity index (χ4n) is 13.2. The minimum Gasteiger partial charge on any atom is -0.493 e. The number of hydrogen-bond donors (Lipinski definition) is 7. The van der Waals surface area contributed by atoms with Crippen molar-refractivity contribution in [3.63, 3.8) is 0 Å². The summed E-state index contributed by atoms with van der Waals surface area (Å²) in [6, 6.07) is 7.70. The molecule has 9 rings (SSSR count). The van der Waals surface area contributed by atoms with Crippen molar-refractivity contribution in [3.8, 4) is 23.0 Å². The fraction of sp³-hybridized carbons (Fsp3) is 0.521. The van der Waals surface area contributed by atoms with Crippen molar-refractivity contribution in [2.24, 2.45) is 11.7 Å². The van der Waals surface area contributed by atoms with Crippen LogP contribution in [0.25, 0.3) is 0 Å². The van der Waals surface area contributed by atoms with Crippen LogP contribution < -0.4 is 55.7 Å². The summed E-state index contributed by atoms with van der Waals surface area (Å²) in [4.78, 5) is 140. The van der Waals surface area contributed by atoms with E-state index in [1.807, 2.05) is 0 Å². The molecule has 2 saturated heterocycles. The number of carbonyl (C=O) groups is 10. The first-order valence-electron chi connectivity index (χ1n) is 34.2. The lowest BCUT2D eigenvalue weighted by Crippen LogP contribution is -2.54. The Morgan fingerprint density at radius 2 is 1.24 bits per heavy atom. The molecule has 5 heterocycles. The number of ether oxygens (including phenoxy) is 6. The van der Waals surface area contributed by atoms with E-state index in [9.17, 15) is 58.2 Å². The van der Waals surface area contributed by atoms with Gasteiger partial charge in [0.15, 0.2) is 35.5 Å². The average molecular weight is 1440 g/mol. The second-order valence-corrected chi connectivity index (χ2v) is 29.3. The van der Waals surface area contributed by atoms with Gasteiger partial charge in [-0.25, -0.2) is 24.2 Å². The van der Waals surface area contributed by atoms with Crippen LogP contribution in [0.1, 0.15) is 143 Å². The van der Waals surface area contributed by atoms with Gasteiger partial charge in [-0.1, -0.05) is 98.1 Å². The number of hydrogen-bond acceptors (Lipinski definition) is 20. The molecule has 1 saturated carbocycles. The molecule has 11 amide bonds. The molecule has 0 bridgehead atoms. The number of fused-ring (bicyclic) bond motifs is 4. The number of aliphatic hydroxyl groups is 2. The minimum absolute atomic E-state index is 0.00570. The average Bonchev–Trinajstić information content (AvgIpc) is 1.60. The quantitative estimate of drug-likeness (QED) is 0.0132. The lowest BCUT2D eigenvalue weighted by Gasteiger charge is -2.33. The summed E-state index contributed by atoms with van der Waals surface area (Å²) in [7, 11) is 6.32. The van der Waals surface area contributed by atoms with Crippen LogP contribution in [0.3, 0.4) is 0 Å². The van der Waals surface area contributed by atoms with Crippen molar-refractivity contribution in [1.82, 2.24) is 30.7 Å². The molecule has 5 aliphatic heterocycles. The van der Waals surface area contributed by atoms with Crippen molar-refractivity contribution in [2.75, 3.05) is 81.1 Å². The number of benzene rings is 3. The Morgan fingerprint density at radius 3 is 1.76 bits per heavy atom. The highest BCUT2D eigenvalue weighted by molar-refractivity contribution is 8.77. The molecular weight excluding hydrogens is 1340 g/mol. The Morgan fingerprint density at radius 1 is 0.693 bits per heavy atom. The number of aliphatic hydroxyl groups excluding tert-OH is 2. The Balaban J connectivity index is 0.814. The van der Waals surface area contributed by atoms with E-state index in [0.29, 0.717) is 61.8 Å². The Hall–Kier alpha value is -9.00. The Labute approximate surface area is 595 Å². The molecule has 3 aromatic carbocycles. The smallest absolute Gasteiger partial charge is 0.416 e. The maximum absolute atomic E-state index is 14.4. The van der Waals surface area contributed by atoms with Crippen LogP contribution >= 0.6 is 21.6 Å². The summed E-state index contributed by atoms with van der Waals surface area (Å²) in [5.41, 5.74) is 7.76. The van der Waals surface area contributed by atoms with E-state index in [2.05, 4.69) is 41.3 Å². The van der Waals surface area contributed by atoms with Crippen LogP contribution in [0, 0.1) is 5.92 Å². The number of amides is 11. The van der Waals surface area contributed by atoms with Gasteiger partial charge in [0.2, 0.25) is 17.7 Å². The molecule has 0 aromatic heterocycles. The molecule has 3 fully saturated rings. The van der Waals surface area contributed by atoms with Gasteiger partial charge >= 0.3 is 18.2 Å². The number of unbranched alkanes of at least 4 members (excludes halogenated alkanes) is 4. The van der Waals surface area contributed by atoms with Crippen molar-refractivity contribution in [2.45, 2.75) is 165 Å². The molecule has 6 atom stereocenters. The van der Waals surface area contributed by atoms with Gasteiger partial charge in [-0.2, -0.15) is 0 Å². The van der Waals surface area contributed by atoms with E-state index >= 15 is 0 Å². The maximum Gasteiger partial charge on any atom is 0.416 e. The van der Waals surface area contributed by atoms with E-state index in [0.717, 1.165) is 51.7 Å². The lowest BCUT2D eigenvalue weighted by molar-refractivity contribution is -0.137. The SMILES string of the molecule is C=C1C[C@H]2C(O)N(C(=O)OCc3ccc(NC(=O)[C@H](CCCNC(N)=O)NC(=O)[C@@H](NC(=O)CCCCCN4C(=O)C=CC4=O)C(C)C)cc3)c3cc(OCCCCCOc4cc5c(cc4OC)C(=O)N4CC(=C)C[C@H]4C(O)N5C(=O)OCC4(SSCC)CCCC4)c(OC)cc3C(=O)N2C1. The highest BCUT2D eigenvalue weighted by atomic mass is 33.1. The number of rotatable bonds is 33. The largest absolute Gasteiger partial charge is 0.493 e. The number of imide groups is 1. The van der Waals surface area contributed by atoms with Gasteiger partial charge in [-0.05, 0) is 106 Å². The van der Waals surface area contributed by atoms with Gasteiger partial charge in [0, 0.05) is 68.3 Å². The maximum atomic E-state index is 14.4. The molecule has 3 aromatic rings. The zero-order valence-electron chi connectivity index (χ0n) is 57.8. The highest BCUT2D eigenvalue weighted by Crippen LogP contribution is 2.49. The monoisotopic (exact) mass is 1440 g/mol. The predicted octanol–water partition coefficient (Wildman–Crippen LogP) is 7.84. The van der Waals surface area contributed by atoms with Crippen molar-refractivity contribution in [1.29, 1.82) is 0 Å². The Bertz CT molecular complexity index is 3620. The second kappa shape index (κ2) is 35.1. The van der Waals surface area contributed by atoms with Crippen LogP contribution in [-0.4, -0.2) is 192 Å². The van der Waals surface area contributed by atoms with E-state index in [4.69, 9.17) is 34.2 Å². The zero-order chi connectivity index (χ0) is 72.7. The topological polar surface area (TPSA) is 357 Å². The van der Waals surface area contributed by atoms with Crippen molar-refractivity contribution < 1.29 is 86.6 Å². The van der Waals surface area contributed by atoms with Gasteiger partial charge in [0.1, 0.15) is 25.3 Å². The van der Waals surface area contributed by atoms with Crippen molar-refractivity contribution >= 4 is 98.2 Å². The van der Waals surface area contributed by atoms with Crippen LogP contribution in [0.5, 0.6) is 23.0 Å². The lowest BCUT2D eigenvalue weighted by atomic mass is 10.0. The summed E-state index contributed by atoms with van der Waals surface area (Å²) in [5, 5.41) is 34.8. The van der Waals surface area contributed by atoms with Crippen LogP contribution in [0.15, 0.2) is 85.0 Å². The van der Waals surface area contributed by atoms with E-state index in [1.165, 1.54) is 60.4 Å². The number of nitrogens with two attached hydrogens (primary N) is 1. The number of anilines is 3. The number of carbonyl (C=O) groups excluding carboxylic acids is 10. The number of nitrogens with zero attached hydrogens (tertiary/aromatic N) is 5. The molecule has 101 heavy (non-hydrogen) atoms. The summed E-state index contributed by atoms with van der Waals surface area (Å²) >= 11 is 0. The van der Waals surface area contributed by atoms with E-state index < -0.39 is 84.4 Å². The molecule has 30 heteroatoms. The van der Waals surface area contributed by atoms with E-state index in [-0.39, 0.29) is 146 Å². The fourth-order valence-corrected chi connectivity index (χ4v) is 15.9. The van der Waals surface area contributed by atoms with Crippen LogP contribution in [0.4, 0.5) is 31.4 Å². The molecule has 8 N–H and O–H groups in total. The number of methoxy groups -OCH3 is 2. The second-order valence-electron chi connectivity index (χ2n) is 26.2. The van der Waals surface area contributed by atoms with Gasteiger partial charge in [-0.3, -0.25) is 38.5 Å². The summed E-state index contributed by atoms with van der Waals surface area (Å²) in [6.45, 7) is 14.5. The molecule has 546 valence electrons. The van der Waals surface area contributed by atoms with Crippen LogP contribution in [-0.2, 0) is 40.1 Å². The minimum atomic E-state index is -1.60. The first-order valence-corrected chi connectivity index (χ1v) is 36.6. The number of urea groups is 1. The number of primary amides is 1. The third-order valence-electron chi connectivity index (χ3n) is 18.5. The van der Waals surface area contributed by atoms with Gasteiger partial charge in [-0.15, -0.1) is 0 Å². The van der Waals surface area contributed by atoms with Gasteiger partial charge in [0.05, 0.1) is 66.8 Å². The Kier molecular flexibility index (Phi) is 26.4. The molecule has 2 unspecified atom stereocenters. The summed E-state index contributed by atoms with van der Waals surface area (Å²) in [6.07, 6.45) is 5.36. The van der Waals surface area contributed by atoms with Crippen molar-refractivity contribution in [3.05, 3.63) is 102 Å². The molecule has 28 nitrogen and oxygen atoms in total.